The van der Waals surface area contributed by atoms with Gasteiger partial charge in [0, 0.05) is 49.2 Å². The Morgan fingerprint density at radius 2 is 1.43 bits per heavy atom. The summed E-state index contributed by atoms with van der Waals surface area (Å²) in [5.74, 6) is 1.69. The summed E-state index contributed by atoms with van der Waals surface area (Å²) in [6.07, 6.45) is -0.124. The number of benzene rings is 3. The van der Waals surface area contributed by atoms with Gasteiger partial charge in [0.05, 0.1) is 24.8 Å². The van der Waals surface area contributed by atoms with Crippen LogP contribution in [0.2, 0.25) is 10.0 Å². The van der Waals surface area contributed by atoms with Gasteiger partial charge in [-0.2, -0.15) is 0 Å². The Hall–Kier alpha value is -3.75. The summed E-state index contributed by atoms with van der Waals surface area (Å²) in [6, 6.07) is 19.5. The lowest BCUT2D eigenvalue weighted by atomic mass is 9.93. The van der Waals surface area contributed by atoms with Crippen molar-refractivity contribution in [2.45, 2.75) is 39.0 Å². The normalized spacial score (nSPS) is 18.7. The molecule has 2 atom stereocenters. The first kappa shape index (κ1) is 29.7. The smallest absolute Gasteiger partial charge is 0.326 e. The van der Waals surface area contributed by atoms with E-state index in [1.165, 1.54) is 0 Å². The highest BCUT2D eigenvalue weighted by Crippen LogP contribution is 2.46. The molecule has 2 aliphatic heterocycles. The molecule has 0 aliphatic carbocycles. The minimum atomic E-state index is -0.481. The summed E-state index contributed by atoms with van der Waals surface area (Å²) in [4.78, 5) is 37.1. The molecule has 0 aromatic heterocycles. The van der Waals surface area contributed by atoms with Gasteiger partial charge in [0.2, 0.25) is 5.91 Å². The Morgan fingerprint density at radius 3 is 1.98 bits per heavy atom. The fourth-order valence-corrected chi connectivity index (χ4v) is 5.64. The van der Waals surface area contributed by atoms with E-state index in [4.69, 9.17) is 37.7 Å². The standard InChI is InChI=1S/C32H34Cl2N4O4/c1-20(2)42-28-19-26(41-4)13-14-27(28)31-35-29(22-5-9-24(33)10-6-22)30(23-7-11-25(34)12-8-23)38(31)32(40)37-17-15-36(16-18-37)21(3)39/h5-14,19-20,29-30H,15-18H2,1-4H3/t29-,30?/m0/s1. The van der Waals surface area contributed by atoms with Crippen LogP contribution in [0.4, 0.5) is 4.79 Å². The third-order valence-electron chi connectivity index (χ3n) is 7.48. The molecule has 0 N–H and O–H groups in total. The molecule has 220 valence electrons. The molecule has 42 heavy (non-hydrogen) atoms. The fraction of sp³-hybridized carbons (Fsp3) is 0.344. The lowest BCUT2D eigenvalue weighted by Gasteiger charge is -2.39. The first-order valence-electron chi connectivity index (χ1n) is 13.9. The quantitative estimate of drug-likeness (QED) is 0.315. The van der Waals surface area contributed by atoms with Crippen LogP contribution < -0.4 is 9.47 Å². The third kappa shape index (κ3) is 6.20. The van der Waals surface area contributed by atoms with E-state index in [1.807, 2.05) is 80.6 Å². The minimum absolute atomic E-state index is 0.000995. The summed E-state index contributed by atoms with van der Waals surface area (Å²) < 4.78 is 11.7. The molecule has 0 spiro atoms. The topological polar surface area (TPSA) is 74.7 Å². The maximum absolute atomic E-state index is 14.6. The van der Waals surface area contributed by atoms with Crippen molar-refractivity contribution in [3.8, 4) is 11.5 Å². The molecule has 0 bridgehead atoms. The molecule has 8 nitrogen and oxygen atoms in total. The van der Waals surface area contributed by atoms with Crippen LogP contribution in [0.5, 0.6) is 11.5 Å². The molecule has 1 unspecified atom stereocenters. The molecule has 2 aliphatic rings. The number of halogens is 2. The van der Waals surface area contributed by atoms with Gasteiger partial charge in [-0.15, -0.1) is 0 Å². The third-order valence-corrected chi connectivity index (χ3v) is 7.99. The number of hydrogen-bond acceptors (Lipinski definition) is 5. The molecular weight excluding hydrogens is 575 g/mol. The highest BCUT2D eigenvalue weighted by atomic mass is 35.5. The number of hydrogen-bond donors (Lipinski definition) is 0. The fourth-order valence-electron chi connectivity index (χ4n) is 5.39. The van der Waals surface area contributed by atoms with E-state index in [2.05, 4.69) is 0 Å². The maximum atomic E-state index is 14.6. The van der Waals surface area contributed by atoms with Crippen LogP contribution in [0.3, 0.4) is 0 Å². The Labute approximate surface area is 256 Å². The van der Waals surface area contributed by atoms with Gasteiger partial charge in [-0.1, -0.05) is 47.5 Å². The monoisotopic (exact) mass is 608 g/mol. The molecule has 5 rings (SSSR count). The predicted molar refractivity (Wildman–Crippen MR) is 165 cm³/mol. The van der Waals surface area contributed by atoms with E-state index < -0.39 is 12.1 Å². The summed E-state index contributed by atoms with van der Waals surface area (Å²) in [5.41, 5.74) is 2.47. The number of urea groups is 1. The van der Waals surface area contributed by atoms with Crippen LogP contribution in [-0.4, -0.2) is 71.9 Å². The average Bonchev–Trinajstić information content (AvgIpc) is 3.37. The summed E-state index contributed by atoms with van der Waals surface area (Å²) in [6.45, 7) is 7.22. The maximum Gasteiger partial charge on any atom is 0.326 e. The number of amidine groups is 1. The average molecular weight is 610 g/mol. The van der Waals surface area contributed by atoms with Crippen molar-refractivity contribution in [1.82, 2.24) is 14.7 Å². The van der Waals surface area contributed by atoms with Crippen molar-refractivity contribution in [2.75, 3.05) is 33.3 Å². The van der Waals surface area contributed by atoms with Gasteiger partial charge < -0.3 is 19.3 Å². The van der Waals surface area contributed by atoms with Gasteiger partial charge >= 0.3 is 6.03 Å². The van der Waals surface area contributed by atoms with E-state index in [0.29, 0.717) is 59.1 Å². The van der Waals surface area contributed by atoms with Crippen LogP contribution in [0, 0.1) is 0 Å². The van der Waals surface area contributed by atoms with Crippen LogP contribution in [-0.2, 0) is 4.79 Å². The number of aliphatic imine (C=N–C) groups is 1. The van der Waals surface area contributed by atoms with E-state index in [9.17, 15) is 9.59 Å². The van der Waals surface area contributed by atoms with E-state index in [-0.39, 0.29) is 18.0 Å². The minimum Gasteiger partial charge on any atom is -0.497 e. The number of carbonyl (C=O) groups is 2. The molecule has 10 heteroatoms. The Kier molecular flexibility index (Phi) is 8.94. The molecule has 0 radical (unpaired) electrons. The summed E-state index contributed by atoms with van der Waals surface area (Å²) in [5, 5.41) is 1.21. The second-order valence-electron chi connectivity index (χ2n) is 10.6. The van der Waals surface area contributed by atoms with Gasteiger partial charge in [-0.05, 0) is 61.4 Å². The van der Waals surface area contributed by atoms with Gasteiger partial charge in [0.1, 0.15) is 23.4 Å². The first-order valence-corrected chi connectivity index (χ1v) is 14.7. The van der Waals surface area contributed by atoms with Crippen molar-refractivity contribution >= 4 is 41.0 Å². The molecule has 3 aromatic carbocycles. The summed E-state index contributed by atoms with van der Waals surface area (Å²) >= 11 is 12.5. The Balaban J connectivity index is 1.66. The summed E-state index contributed by atoms with van der Waals surface area (Å²) in [7, 11) is 1.60. The molecular formula is C32H34Cl2N4O4. The van der Waals surface area contributed by atoms with Crippen molar-refractivity contribution in [1.29, 1.82) is 0 Å². The molecule has 1 fully saturated rings. The Morgan fingerprint density at radius 1 is 0.857 bits per heavy atom. The zero-order valence-electron chi connectivity index (χ0n) is 24.1. The van der Waals surface area contributed by atoms with Crippen LogP contribution in [0.25, 0.3) is 0 Å². The van der Waals surface area contributed by atoms with Crippen molar-refractivity contribution in [3.63, 3.8) is 0 Å². The zero-order chi connectivity index (χ0) is 30.0. The van der Waals surface area contributed by atoms with Gasteiger partial charge in [-0.25, -0.2) is 4.79 Å². The van der Waals surface area contributed by atoms with Crippen LogP contribution in [0.1, 0.15) is 49.5 Å². The number of amides is 3. The van der Waals surface area contributed by atoms with Gasteiger partial charge in [0.15, 0.2) is 0 Å². The SMILES string of the molecule is COc1ccc(C2=N[C@@H](c3ccc(Cl)cc3)C(c3ccc(Cl)cc3)N2C(=O)N2CCN(C(C)=O)CC2)c(OC(C)C)c1. The molecule has 2 heterocycles. The number of nitrogens with zero attached hydrogens (tertiary/aromatic N) is 4. The van der Waals surface area contributed by atoms with Crippen molar-refractivity contribution in [3.05, 3.63) is 93.5 Å². The molecule has 1 saturated heterocycles. The van der Waals surface area contributed by atoms with Crippen LogP contribution in [0.15, 0.2) is 71.7 Å². The largest absolute Gasteiger partial charge is 0.497 e. The second-order valence-corrected chi connectivity index (χ2v) is 11.5. The number of piperazine rings is 1. The second kappa shape index (κ2) is 12.6. The highest BCUT2D eigenvalue weighted by Gasteiger charge is 2.45. The van der Waals surface area contributed by atoms with E-state index >= 15 is 0 Å². The van der Waals surface area contributed by atoms with E-state index in [1.54, 1.807) is 28.7 Å². The van der Waals surface area contributed by atoms with Crippen LogP contribution >= 0.6 is 23.2 Å². The zero-order valence-corrected chi connectivity index (χ0v) is 25.6. The highest BCUT2D eigenvalue weighted by molar-refractivity contribution is 6.30. The lowest BCUT2D eigenvalue weighted by Crippen LogP contribution is -2.54. The van der Waals surface area contributed by atoms with Gasteiger partial charge in [0.25, 0.3) is 0 Å². The molecule has 0 saturated carbocycles. The number of ether oxygens (including phenoxy) is 2. The predicted octanol–water partition coefficient (Wildman–Crippen LogP) is 6.62. The number of rotatable bonds is 6. The Bertz CT molecular complexity index is 1470. The van der Waals surface area contributed by atoms with E-state index in [0.717, 1.165) is 11.1 Å². The number of methoxy groups -OCH3 is 1. The first-order chi connectivity index (χ1) is 20.2. The lowest BCUT2D eigenvalue weighted by molar-refractivity contribution is -0.130. The molecule has 3 aromatic rings. The van der Waals surface area contributed by atoms with Crippen molar-refractivity contribution < 1.29 is 19.1 Å². The van der Waals surface area contributed by atoms with Crippen molar-refractivity contribution in [2.24, 2.45) is 4.99 Å². The molecule has 3 amide bonds. The van der Waals surface area contributed by atoms with Gasteiger partial charge in [-0.3, -0.25) is 14.7 Å². The number of carbonyl (C=O) groups excluding carboxylic acids is 2.